The van der Waals surface area contributed by atoms with Gasteiger partial charge in [0.25, 0.3) is 0 Å². The fraction of sp³-hybridized carbons (Fsp3) is 0.571. The van der Waals surface area contributed by atoms with E-state index in [0.717, 1.165) is 12.0 Å². The molecule has 1 saturated heterocycles. The molecule has 0 bridgehead atoms. The van der Waals surface area contributed by atoms with Gasteiger partial charge in [-0.05, 0) is 25.3 Å². The summed E-state index contributed by atoms with van der Waals surface area (Å²) in [5, 5.41) is 3.45. The maximum Gasteiger partial charge on any atom is 0.152 e. The van der Waals surface area contributed by atoms with Crippen LogP contribution in [0.3, 0.4) is 0 Å². The van der Waals surface area contributed by atoms with Crippen molar-refractivity contribution in [3.63, 3.8) is 0 Å². The van der Waals surface area contributed by atoms with Crippen molar-refractivity contribution in [1.82, 2.24) is 5.32 Å². The Hall–Kier alpha value is -0.910. The summed E-state index contributed by atoms with van der Waals surface area (Å²) in [6.07, 6.45) is 1.51. The Bertz CT molecular complexity index is 516. The van der Waals surface area contributed by atoms with E-state index in [-0.39, 0.29) is 17.5 Å². The second-order valence-corrected chi connectivity index (χ2v) is 7.64. The normalized spacial score (nSPS) is 27.9. The van der Waals surface area contributed by atoms with Crippen LogP contribution in [0.2, 0.25) is 0 Å². The summed E-state index contributed by atoms with van der Waals surface area (Å²) in [7, 11) is -2.97. The number of rotatable bonds is 4. The maximum absolute atomic E-state index is 11.8. The molecule has 0 spiro atoms. The molecule has 0 saturated carbocycles. The SMILES string of the molecule is CC(NC1(CN)CCCS(=O)(=O)C1)c1ccccc1. The average molecular weight is 282 g/mol. The molecule has 1 fully saturated rings. The van der Waals surface area contributed by atoms with E-state index in [1.807, 2.05) is 37.3 Å². The highest BCUT2D eigenvalue weighted by molar-refractivity contribution is 7.91. The largest absolute Gasteiger partial charge is 0.329 e. The average Bonchev–Trinajstić information content (AvgIpc) is 2.38. The summed E-state index contributed by atoms with van der Waals surface area (Å²) in [5.41, 5.74) is 6.53. The molecule has 19 heavy (non-hydrogen) atoms. The van der Waals surface area contributed by atoms with E-state index >= 15 is 0 Å². The molecule has 1 heterocycles. The summed E-state index contributed by atoms with van der Waals surface area (Å²) in [4.78, 5) is 0. The second kappa shape index (κ2) is 5.61. The Labute approximate surface area is 115 Å². The minimum absolute atomic E-state index is 0.0954. The van der Waals surface area contributed by atoms with Crippen LogP contribution in [0, 0.1) is 0 Å². The molecular formula is C14H22N2O2S. The highest BCUT2D eigenvalue weighted by Gasteiger charge is 2.38. The van der Waals surface area contributed by atoms with Crippen molar-refractivity contribution in [2.45, 2.75) is 31.3 Å². The Morgan fingerprint density at radius 3 is 2.63 bits per heavy atom. The summed E-state index contributed by atoms with van der Waals surface area (Å²) < 4.78 is 23.7. The van der Waals surface area contributed by atoms with Crippen LogP contribution in [0.4, 0.5) is 0 Å². The van der Waals surface area contributed by atoms with Crippen LogP contribution < -0.4 is 11.1 Å². The Balaban J connectivity index is 2.15. The zero-order valence-corrected chi connectivity index (χ0v) is 12.1. The van der Waals surface area contributed by atoms with Gasteiger partial charge in [-0.2, -0.15) is 0 Å². The van der Waals surface area contributed by atoms with Crippen LogP contribution in [-0.2, 0) is 9.84 Å². The molecule has 2 atom stereocenters. The number of nitrogens with two attached hydrogens (primary N) is 1. The predicted octanol–water partition coefficient (Wildman–Crippen LogP) is 1.24. The predicted molar refractivity (Wildman–Crippen MR) is 77.7 cm³/mol. The number of benzene rings is 1. The van der Waals surface area contributed by atoms with Gasteiger partial charge in [-0.25, -0.2) is 8.42 Å². The molecule has 4 nitrogen and oxygen atoms in total. The minimum Gasteiger partial charge on any atom is -0.329 e. The Morgan fingerprint density at radius 1 is 1.37 bits per heavy atom. The van der Waals surface area contributed by atoms with Crippen molar-refractivity contribution in [1.29, 1.82) is 0 Å². The van der Waals surface area contributed by atoms with Gasteiger partial charge in [-0.3, -0.25) is 0 Å². The topological polar surface area (TPSA) is 72.2 Å². The third kappa shape index (κ3) is 3.55. The number of hydrogen-bond acceptors (Lipinski definition) is 4. The van der Waals surface area contributed by atoms with Crippen molar-refractivity contribution < 1.29 is 8.42 Å². The van der Waals surface area contributed by atoms with Crippen LogP contribution in [0.15, 0.2) is 30.3 Å². The lowest BCUT2D eigenvalue weighted by Crippen LogP contribution is -2.58. The monoisotopic (exact) mass is 282 g/mol. The van der Waals surface area contributed by atoms with Crippen molar-refractivity contribution >= 4 is 9.84 Å². The lowest BCUT2D eigenvalue weighted by Gasteiger charge is -2.39. The molecule has 0 aromatic heterocycles. The molecule has 1 aromatic carbocycles. The minimum atomic E-state index is -2.97. The quantitative estimate of drug-likeness (QED) is 0.871. The van der Waals surface area contributed by atoms with Gasteiger partial charge >= 0.3 is 0 Å². The molecule has 2 unspecified atom stereocenters. The first-order valence-electron chi connectivity index (χ1n) is 6.69. The zero-order chi connectivity index (χ0) is 13.9. The van der Waals surface area contributed by atoms with E-state index in [9.17, 15) is 8.42 Å². The Morgan fingerprint density at radius 2 is 2.05 bits per heavy atom. The molecule has 2 rings (SSSR count). The lowest BCUT2D eigenvalue weighted by molar-refractivity contribution is 0.298. The smallest absolute Gasteiger partial charge is 0.152 e. The van der Waals surface area contributed by atoms with Crippen molar-refractivity contribution in [3.05, 3.63) is 35.9 Å². The molecular weight excluding hydrogens is 260 g/mol. The number of nitrogens with one attached hydrogen (secondary N) is 1. The standard InChI is InChI=1S/C14H22N2O2S/c1-12(13-6-3-2-4-7-13)16-14(10-15)8-5-9-19(17,18)11-14/h2-4,6-7,12,16H,5,8-11,15H2,1H3. The summed E-state index contributed by atoms with van der Waals surface area (Å²) in [5.74, 6) is 0.434. The first kappa shape index (κ1) is 14.5. The van der Waals surface area contributed by atoms with Crippen LogP contribution in [0.25, 0.3) is 0 Å². The third-order valence-corrected chi connectivity index (χ3v) is 5.72. The molecule has 1 aromatic rings. The van der Waals surface area contributed by atoms with Gasteiger partial charge in [0.1, 0.15) is 0 Å². The van der Waals surface area contributed by atoms with Crippen LogP contribution in [0.1, 0.15) is 31.4 Å². The molecule has 3 N–H and O–H groups in total. The fourth-order valence-corrected chi connectivity index (χ4v) is 4.73. The van der Waals surface area contributed by atoms with Gasteiger partial charge in [0.15, 0.2) is 9.84 Å². The molecule has 5 heteroatoms. The molecule has 0 radical (unpaired) electrons. The van der Waals surface area contributed by atoms with Gasteiger partial charge in [0.05, 0.1) is 11.5 Å². The van der Waals surface area contributed by atoms with E-state index in [0.29, 0.717) is 13.0 Å². The summed E-state index contributed by atoms with van der Waals surface area (Å²) in [6, 6.07) is 10.1. The van der Waals surface area contributed by atoms with Crippen molar-refractivity contribution in [2.24, 2.45) is 5.73 Å². The lowest BCUT2D eigenvalue weighted by atomic mass is 9.93. The van der Waals surface area contributed by atoms with E-state index in [1.165, 1.54) is 0 Å². The van der Waals surface area contributed by atoms with Crippen LogP contribution in [0.5, 0.6) is 0 Å². The van der Waals surface area contributed by atoms with Gasteiger partial charge in [0, 0.05) is 18.1 Å². The van der Waals surface area contributed by atoms with Crippen molar-refractivity contribution in [2.75, 3.05) is 18.1 Å². The number of sulfone groups is 1. The van der Waals surface area contributed by atoms with Gasteiger partial charge < -0.3 is 11.1 Å². The highest BCUT2D eigenvalue weighted by atomic mass is 32.2. The van der Waals surface area contributed by atoms with Crippen molar-refractivity contribution in [3.8, 4) is 0 Å². The highest BCUT2D eigenvalue weighted by Crippen LogP contribution is 2.25. The van der Waals surface area contributed by atoms with Gasteiger partial charge in [0.2, 0.25) is 0 Å². The van der Waals surface area contributed by atoms with E-state index in [2.05, 4.69) is 5.32 Å². The van der Waals surface area contributed by atoms with E-state index in [1.54, 1.807) is 0 Å². The summed E-state index contributed by atoms with van der Waals surface area (Å²) in [6.45, 7) is 2.40. The fourth-order valence-electron chi connectivity index (χ4n) is 2.81. The summed E-state index contributed by atoms with van der Waals surface area (Å²) >= 11 is 0. The van der Waals surface area contributed by atoms with Crippen LogP contribution in [-0.4, -0.2) is 32.0 Å². The molecule has 0 aliphatic carbocycles. The van der Waals surface area contributed by atoms with E-state index < -0.39 is 15.4 Å². The van der Waals surface area contributed by atoms with Gasteiger partial charge in [-0.15, -0.1) is 0 Å². The molecule has 106 valence electrons. The molecule has 0 amide bonds. The first-order chi connectivity index (χ1) is 8.96. The third-order valence-electron chi connectivity index (χ3n) is 3.82. The van der Waals surface area contributed by atoms with E-state index in [4.69, 9.17) is 5.73 Å². The maximum atomic E-state index is 11.8. The number of hydrogen-bond donors (Lipinski definition) is 2. The Kier molecular flexibility index (Phi) is 4.28. The first-order valence-corrected chi connectivity index (χ1v) is 8.52. The van der Waals surface area contributed by atoms with Gasteiger partial charge in [-0.1, -0.05) is 30.3 Å². The van der Waals surface area contributed by atoms with Crippen LogP contribution >= 0.6 is 0 Å². The second-order valence-electron chi connectivity index (χ2n) is 5.46. The molecule has 1 aliphatic rings. The molecule has 1 aliphatic heterocycles. The zero-order valence-electron chi connectivity index (χ0n) is 11.3.